The second-order valence-electron chi connectivity index (χ2n) is 2.37. The molecule has 1 aromatic rings. The molecule has 11 heavy (non-hydrogen) atoms. The fourth-order valence-electron chi connectivity index (χ4n) is 0.947. The molecule has 1 aromatic heterocycles. The van der Waals surface area contributed by atoms with Crippen LogP contribution in [0.4, 0.5) is 0 Å². The van der Waals surface area contributed by atoms with Crippen LogP contribution in [0.15, 0.2) is 6.33 Å². The van der Waals surface area contributed by atoms with Gasteiger partial charge in [0, 0.05) is 13.7 Å². The average molecular weight is 155 g/mol. The van der Waals surface area contributed by atoms with E-state index in [9.17, 15) is 0 Å². The van der Waals surface area contributed by atoms with Crippen molar-refractivity contribution in [1.82, 2.24) is 14.8 Å². The smallest absolute Gasteiger partial charge is 0.158 e. The molecule has 0 radical (unpaired) electrons. The van der Waals surface area contributed by atoms with Crippen molar-refractivity contribution in [2.75, 3.05) is 7.11 Å². The summed E-state index contributed by atoms with van der Waals surface area (Å²) in [7, 11) is 1.66. The fourth-order valence-corrected chi connectivity index (χ4v) is 0.947. The molecule has 0 aromatic carbocycles. The van der Waals surface area contributed by atoms with Crippen LogP contribution in [0.25, 0.3) is 0 Å². The highest BCUT2D eigenvalue weighted by Crippen LogP contribution is 1.97. The maximum absolute atomic E-state index is 4.95. The fraction of sp³-hybridized carbons (Fsp3) is 0.714. The summed E-state index contributed by atoms with van der Waals surface area (Å²) < 4.78 is 6.95. The van der Waals surface area contributed by atoms with Crippen LogP contribution in [0.2, 0.25) is 0 Å². The Morgan fingerprint density at radius 3 is 3.09 bits per heavy atom. The van der Waals surface area contributed by atoms with Crippen LogP contribution in [-0.2, 0) is 17.9 Å². The van der Waals surface area contributed by atoms with Crippen molar-refractivity contribution in [3.8, 4) is 0 Å². The molecule has 0 fully saturated rings. The van der Waals surface area contributed by atoms with E-state index >= 15 is 0 Å². The first-order valence-electron chi connectivity index (χ1n) is 3.74. The molecule has 0 saturated carbocycles. The lowest BCUT2D eigenvalue weighted by Crippen LogP contribution is -2.03. The molecule has 0 aliphatic carbocycles. The van der Waals surface area contributed by atoms with Gasteiger partial charge in [0.05, 0.1) is 0 Å². The minimum absolute atomic E-state index is 0.542. The average Bonchev–Trinajstić information content (AvgIpc) is 2.39. The summed E-state index contributed by atoms with van der Waals surface area (Å²) in [5.41, 5.74) is 0. The van der Waals surface area contributed by atoms with Gasteiger partial charge in [-0.25, -0.2) is 0 Å². The monoisotopic (exact) mass is 155 g/mol. The summed E-state index contributed by atoms with van der Waals surface area (Å²) in [5.74, 6) is 0.898. The third kappa shape index (κ3) is 2.01. The van der Waals surface area contributed by atoms with E-state index in [1.807, 2.05) is 4.57 Å². The molecule has 62 valence electrons. The van der Waals surface area contributed by atoms with Gasteiger partial charge in [0.25, 0.3) is 0 Å². The quantitative estimate of drug-likeness (QED) is 0.646. The number of hydrogen-bond acceptors (Lipinski definition) is 3. The van der Waals surface area contributed by atoms with Crippen molar-refractivity contribution in [3.63, 3.8) is 0 Å². The Kier molecular flexibility index (Phi) is 3.04. The Morgan fingerprint density at radius 1 is 1.64 bits per heavy atom. The zero-order valence-electron chi connectivity index (χ0n) is 6.95. The predicted octanol–water partition coefficient (Wildman–Crippen LogP) is 0.834. The summed E-state index contributed by atoms with van der Waals surface area (Å²) in [6, 6.07) is 0. The maximum atomic E-state index is 4.95. The highest BCUT2D eigenvalue weighted by atomic mass is 16.5. The van der Waals surface area contributed by atoms with Crippen LogP contribution >= 0.6 is 0 Å². The molecule has 0 atom stereocenters. The van der Waals surface area contributed by atoms with Gasteiger partial charge in [0.2, 0.25) is 0 Å². The molecule has 0 bridgehead atoms. The second kappa shape index (κ2) is 4.08. The zero-order chi connectivity index (χ0) is 8.10. The van der Waals surface area contributed by atoms with E-state index < -0.39 is 0 Å². The van der Waals surface area contributed by atoms with Gasteiger partial charge < -0.3 is 9.30 Å². The van der Waals surface area contributed by atoms with Crippen LogP contribution in [-0.4, -0.2) is 21.9 Å². The van der Waals surface area contributed by atoms with E-state index in [0.29, 0.717) is 6.61 Å². The first-order valence-corrected chi connectivity index (χ1v) is 3.74. The minimum Gasteiger partial charge on any atom is -0.377 e. The van der Waals surface area contributed by atoms with E-state index in [2.05, 4.69) is 17.1 Å². The molecule has 0 spiro atoms. The number of aryl methyl sites for hydroxylation is 1. The molecule has 0 N–H and O–H groups in total. The second-order valence-corrected chi connectivity index (χ2v) is 2.37. The lowest BCUT2D eigenvalue weighted by atomic mass is 10.4. The van der Waals surface area contributed by atoms with Crippen molar-refractivity contribution in [2.24, 2.45) is 0 Å². The molecule has 0 unspecified atom stereocenters. The van der Waals surface area contributed by atoms with Crippen molar-refractivity contribution < 1.29 is 4.74 Å². The Hall–Kier alpha value is -0.900. The van der Waals surface area contributed by atoms with Gasteiger partial charge >= 0.3 is 0 Å². The molecule has 0 aliphatic rings. The maximum Gasteiger partial charge on any atom is 0.158 e. The molecule has 0 saturated heterocycles. The van der Waals surface area contributed by atoms with E-state index in [4.69, 9.17) is 4.74 Å². The van der Waals surface area contributed by atoms with Gasteiger partial charge in [0.1, 0.15) is 12.9 Å². The number of aromatic nitrogens is 3. The Morgan fingerprint density at radius 2 is 2.45 bits per heavy atom. The van der Waals surface area contributed by atoms with E-state index in [1.165, 1.54) is 0 Å². The molecule has 4 heteroatoms. The Balaban J connectivity index is 2.62. The highest BCUT2D eigenvalue weighted by molar-refractivity contribution is 4.82. The van der Waals surface area contributed by atoms with Gasteiger partial charge in [-0.3, -0.25) is 0 Å². The largest absolute Gasteiger partial charge is 0.377 e. The predicted molar refractivity (Wildman–Crippen MR) is 41.0 cm³/mol. The van der Waals surface area contributed by atoms with Gasteiger partial charge in [-0.05, 0) is 6.42 Å². The van der Waals surface area contributed by atoms with Crippen LogP contribution in [0.1, 0.15) is 19.2 Å². The normalized spacial score (nSPS) is 10.4. The van der Waals surface area contributed by atoms with E-state index in [0.717, 1.165) is 18.8 Å². The number of hydrogen-bond donors (Lipinski definition) is 0. The van der Waals surface area contributed by atoms with Crippen LogP contribution in [0, 0.1) is 0 Å². The number of methoxy groups -OCH3 is 1. The summed E-state index contributed by atoms with van der Waals surface area (Å²) >= 11 is 0. The first kappa shape index (κ1) is 8.20. The minimum atomic E-state index is 0.542. The molecular weight excluding hydrogens is 142 g/mol. The lowest BCUT2D eigenvalue weighted by Gasteiger charge is -2.02. The number of ether oxygens (including phenoxy) is 1. The van der Waals surface area contributed by atoms with E-state index in [1.54, 1.807) is 13.4 Å². The lowest BCUT2D eigenvalue weighted by molar-refractivity contribution is 0.174. The summed E-state index contributed by atoms with van der Waals surface area (Å²) in [4.78, 5) is 0. The number of rotatable bonds is 4. The summed E-state index contributed by atoms with van der Waals surface area (Å²) in [6.07, 6.45) is 2.83. The molecule has 0 amide bonds. The Bertz CT molecular complexity index is 189. The third-order valence-electron chi connectivity index (χ3n) is 1.43. The standard InChI is InChI=1S/C7H13N3O/c1-3-4-10-6-8-9-7(10)5-11-2/h6H,3-5H2,1-2H3. The van der Waals surface area contributed by atoms with Crippen LogP contribution in [0.3, 0.4) is 0 Å². The van der Waals surface area contributed by atoms with Gasteiger partial charge in [-0.15, -0.1) is 10.2 Å². The van der Waals surface area contributed by atoms with Crippen molar-refractivity contribution in [3.05, 3.63) is 12.2 Å². The third-order valence-corrected chi connectivity index (χ3v) is 1.43. The van der Waals surface area contributed by atoms with Crippen LogP contribution < -0.4 is 0 Å². The molecule has 1 rings (SSSR count). The van der Waals surface area contributed by atoms with Gasteiger partial charge in [0.15, 0.2) is 5.82 Å². The first-order chi connectivity index (χ1) is 5.38. The molecule has 1 heterocycles. The molecule has 0 aliphatic heterocycles. The highest BCUT2D eigenvalue weighted by Gasteiger charge is 2.00. The van der Waals surface area contributed by atoms with Gasteiger partial charge in [-0.1, -0.05) is 6.92 Å². The topological polar surface area (TPSA) is 39.9 Å². The van der Waals surface area contributed by atoms with Crippen molar-refractivity contribution >= 4 is 0 Å². The number of nitrogens with zero attached hydrogens (tertiary/aromatic N) is 3. The Labute approximate surface area is 66.2 Å². The van der Waals surface area contributed by atoms with E-state index in [-0.39, 0.29) is 0 Å². The zero-order valence-corrected chi connectivity index (χ0v) is 6.95. The van der Waals surface area contributed by atoms with Crippen molar-refractivity contribution in [2.45, 2.75) is 26.5 Å². The summed E-state index contributed by atoms with van der Waals surface area (Å²) in [5, 5.41) is 7.70. The summed E-state index contributed by atoms with van der Waals surface area (Å²) in [6.45, 7) is 3.63. The molecular formula is C7H13N3O. The molecule has 4 nitrogen and oxygen atoms in total. The van der Waals surface area contributed by atoms with Gasteiger partial charge in [-0.2, -0.15) is 0 Å². The SMILES string of the molecule is CCCn1cnnc1COC. The van der Waals surface area contributed by atoms with Crippen molar-refractivity contribution in [1.29, 1.82) is 0 Å². The van der Waals surface area contributed by atoms with Crippen LogP contribution in [0.5, 0.6) is 0 Å².